The normalized spacial score (nSPS) is 10.3. The van der Waals surface area contributed by atoms with Gasteiger partial charge in [-0.1, -0.05) is 0 Å². The maximum atomic E-state index is 11.0. The van der Waals surface area contributed by atoms with Crippen molar-refractivity contribution in [2.24, 2.45) is 0 Å². The molecule has 0 saturated heterocycles. The molecule has 1 aromatic rings. The Balaban J connectivity index is 2.32. The number of aryl methyl sites for hydroxylation is 1. The highest BCUT2D eigenvalue weighted by molar-refractivity contribution is 9.11. The Labute approximate surface area is 130 Å². The lowest BCUT2D eigenvalue weighted by molar-refractivity contribution is -0.148. The molecule has 0 spiro atoms. The van der Waals surface area contributed by atoms with E-state index in [1.54, 1.807) is 6.92 Å². The van der Waals surface area contributed by atoms with E-state index < -0.39 is 0 Å². The summed E-state index contributed by atoms with van der Waals surface area (Å²) < 4.78 is 11.9. The first-order valence-electron chi connectivity index (χ1n) is 5.97. The van der Waals surface area contributed by atoms with Crippen molar-refractivity contribution in [2.75, 3.05) is 31.7 Å². The number of halogens is 2. The SMILES string of the molecule is CCOC(=O)COCCNc1c(Br)cc(C)cc1Br. The molecule has 0 radical (unpaired) electrons. The van der Waals surface area contributed by atoms with Crippen LogP contribution < -0.4 is 5.32 Å². The summed E-state index contributed by atoms with van der Waals surface area (Å²) in [5.74, 6) is -0.333. The predicted octanol–water partition coefficient (Wildman–Crippen LogP) is 3.51. The second-order valence-electron chi connectivity index (χ2n) is 3.89. The third-order valence-electron chi connectivity index (χ3n) is 2.26. The first kappa shape index (κ1) is 16.5. The Morgan fingerprint density at radius 2 is 1.95 bits per heavy atom. The van der Waals surface area contributed by atoms with Gasteiger partial charge in [-0.25, -0.2) is 4.79 Å². The van der Waals surface area contributed by atoms with Gasteiger partial charge in [0.1, 0.15) is 6.61 Å². The number of carbonyl (C=O) groups excluding carboxylic acids is 1. The van der Waals surface area contributed by atoms with E-state index in [4.69, 9.17) is 9.47 Å². The number of hydrogen-bond acceptors (Lipinski definition) is 4. The van der Waals surface area contributed by atoms with Gasteiger partial charge in [-0.2, -0.15) is 0 Å². The van der Waals surface area contributed by atoms with Crippen LogP contribution in [0, 0.1) is 6.92 Å². The third kappa shape index (κ3) is 5.93. The molecule has 0 aliphatic rings. The molecule has 0 bridgehead atoms. The van der Waals surface area contributed by atoms with Gasteiger partial charge < -0.3 is 14.8 Å². The van der Waals surface area contributed by atoms with Crippen LogP contribution in [-0.2, 0) is 14.3 Å². The predicted molar refractivity (Wildman–Crippen MR) is 82.5 cm³/mol. The van der Waals surface area contributed by atoms with E-state index in [-0.39, 0.29) is 12.6 Å². The monoisotopic (exact) mass is 393 g/mol. The van der Waals surface area contributed by atoms with E-state index in [9.17, 15) is 4.79 Å². The van der Waals surface area contributed by atoms with Crippen molar-refractivity contribution in [3.8, 4) is 0 Å². The largest absolute Gasteiger partial charge is 0.464 e. The van der Waals surface area contributed by atoms with Gasteiger partial charge >= 0.3 is 5.97 Å². The van der Waals surface area contributed by atoms with Crippen molar-refractivity contribution in [1.82, 2.24) is 0 Å². The first-order valence-corrected chi connectivity index (χ1v) is 7.56. The number of esters is 1. The molecule has 19 heavy (non-hydrogen) atoms. The third-order valence-corrected chi connectivity index (χ3v) is 3.51. The highest BCUT2D eigenvalue weighted by Crippen LogP contribution is 2.31. The minimum Gasteiger partial charge on any atom is -0.464 e. The average Bonchev–Trinajstić information content (AvgIpc) is 2.31. The molecule has 0 aliphatic carbocycles. The number of rotatable bonds is 7. The van der Waals surface area contributed by atoms with Crippen LogP contribution in [-0.4, -0.2) is 32.3 Å². The molecule has 0 amide bonds. The van der Waals surface area contributed by atoms with Crippen molar-refractivity contribution >= 4 is 43.5 Å². The van der Waals surface area contributed by atoms with E-state index in [0.717, 1.165) is 14.6 Å². The molecule has 0 heterocycles. The maximum Gasteiger partial charge on any atom is 0.332 e. The molecule has 4 nitrogen and oxygen atoms in total. The lowest BCUT2D eigenvalue weighted by Gasteiger charge is -2.12. The fourth-order valence-electron chi connectivity index (χ4n) is 1.48. The number of hydrogen-bond donors (Lipinski definition) is 1. The molecule has 1 rings (SSSR count). The Morgan fingerprint density at radius 1 is 1.32 bits per heavy atom. The summed E-state index contributed by atoms with van der Waals surface area (Å²) in [5.41, 5.74) is 2.15. The van der Waals surface area contributed by atoms with E-state index in [0.29, 0.717) is 19.8 Å². The number of nitrogens with one attached hydrogen (secondary N) is 1. The highest BCUT2D eigenvalue weighted by atomic mass is 79.9. The fourth-order valence-corrected chi connectivity index (χ4v) is 3.17. The Hall–Kier alpha value is -0.590. The molecular formula is C13H17Br2NO3. The minimum absolute atomic E-state index is 0.00818. The molecule has 0 saturated carbocycles. The lowest BCUT2D eigenvalue weighted by atomic mass is 10.2. The molecule has 106 valence electrons. The van der Waals surface area contributed by atoms with Crippen molar-refractivity contribution < 1.29 is 14.3 Å². The maximum absolute atomic E-state index is 11.0. The van der Waals surface area contributed by atoms with E-state index in [1.165, 1.54) is 5.56 Å². The van der Waals surface area contributed by atoms with Crippen molar-refractivity contribution in [1.29, 1.82) is 0 Å². The zero-order valence-corrected chi connectivity index (χ0v) is 14.1. The fraction of sp³-hybridized carbons (Fsp3) is 0.462. The number of carbonyl (C=O) groups is 1. The van der Waals surface area contributed by atoms with Gasteiger partial charge in [0.15, 0.2) is 0 Å². The van der Waals surface area contributed by atoms with Crippen LogP contribution in [0.1, 0.15) is 12.5 Å². The van der Waals surface area contributed by atoms with E-state index in [2.05, 4.69) is 37.2 Å². The molecule has 0 aliphatic heterocycles. The first-order chi connectivity index (χ1) is 9.04. The van der Waals surface area contributed by atoms with Crippen LogP contribution in [0.2, 0.25) is 0 Å². The van der Waals surface area contributed by atoms with Crippen LogP contribution in [0.15, 0.2) is 21.1 Å². The van der Waals surface area contributed by atoms with Crippen molar-refractivity contribution in [3.63, 3.8) is 0 Å². The summed E-state index contributed by atoms with van der Waals surface area (Å²) in [6, 6.07) is 4.07. The summed E-state index contributed by atoms with van der Waals surface area (Å²) in [6.07, 6.45) is 0. The second kappa shape index (κ2) is 8.55. The van der Waals surface area contributed by atoms with Gasteiger partial charge in [0.05, 0.1) is 18.9 Å². The number of anilines is 1. The summed E-state index contributed by atoms with van der Waals surface area (Å²) in [5, 5.41) is 3.24. The lowest BCUT2D eigenvalue weighted by Crippen LogP contribution is -2.16. The zero-order chi connectivity index (χ0) is 14.3. The van der Waals surface area contributed by atoms with Crippen molar-refractivity contribution in [3.05, 3.63) is 26.6 Å². The van der Waals surface area contributed by atoms with Gasteiger partial charge in [0.2, 0.25) is 0 Å². The molecule has 1 aromatic carbocycles. The van der Waals surface area contributed by atoms with Gasteiger partial charge in [-0.3, -0.25) is 0 Å². The molecular weight excluding hydrogens is 378 g/mol. The molecule has 0 fully saturated rings. The molecule has 6 heteroatoms. The number of ether oxygens (including phenoxy) is 2. The average molecular weight is 395 g/mol. The van der Waals surface area contributed by atoms with E-state index >= 15 is 0 Å². The van der Waals surface area contributed by atoms with E-state index in [1.807, 2.05) is 19.1 Å². The van der Waals surface area contributed by atoms with Crippen LogP contribution in [0.5, 0.6) is 0 Å². The number of benzene rings is 1. The standard InChI is InChI=1S/C13H17Br2NO3/c1-3-19-12(17)8-18-5-4-16-13-10(14)6-9(2)7-11(13)15/h6-7,16H,3-5,8H2,1-2H3. The summed E-state index contributed by atoms with van der Waals surface area (Å²) >= 11 is 7.01. The van der Waals surface area contributed by atoms with Gasteiger partial charge in [0, 0.05) is 15.5 Å². The van der Waals surface area contributed by atoms with Gasteiger partial charge in [0.25, 0.3) is 0 Å². The van der Waals surface area contributed by atoms with Crippen LogP contribution in [0.25, 0.3) is 0 Å². The molecule has 0 aromatic heterocycles. The van der Waals surface area contributed by atoms with Crippen LogP contribution in [0.4, 0.5) is 5.69 Å². The highest BCUT2D eigenvalue weighted by Gasteiger charge is 2.06. The van der Waals surface area contributed by atoms with Crippen LogP contribution >= 0.6 is 31.9 Å². The summed E-state index contributed by atoms with van der Waals surface area (Å²) in [7, 11) is 0. The quantitative estimate of drug-likeness (QED) is 0.567. The Morgan fingerprint density at radius 3 is 2.53 bits per heavy atom. The smallest absolute Gasteiger partial charge is 0.332 e. The minimum atomic E-state index is -0.333. The Kier molecular flexibility index (Phi) is 7.41. The van der Waals surface area contributed by atoms with Gasteiger partial charge in [-0.05, 0) is 63.4 Å². The molecule has 0 unspecified atom stereocenters. The topological polar surface area (TPSA) is 47.6 Å². The van der Waals surface area contributed by atoms with Crippen molar-refractivity contribution in [2.45, 2.75) is 13.8 Å². The Bertz CT molecular complexity index is 415. The van der Waals surface area contributed by atoms with Gasteiger partial charge in [-0.15, -0.1) is 0 Å². The summed E-state index contributed by atoms with van der Waals surface area (Å²) in [4.78, 5) is 11.0. The zero-order valence-electron chi connectivity index (χ0n) is 11.0. The molecule has 1 N–H and O–H groups in total. The summed E-state index contributed by atoms with van der Waals surface area (Å²) in [6.45, 7) is 5.22. The molecule has 0 atom stereocenters. The van der Waals surface area contributed by atoms with Crippen LogP contribution in [0.3, 0.4) is 0 Å². The second-order valence-corrected chi connectivity index (χ2v) is 5.60.